The molecule has 106 valence electrons. The molecule has 2 rings (SSSR count). The van der Waals surface area contributed by atoms with E-state index in [9.17, 15) is 4.79 Å². The highest BCUT2D eigenvalue weighted by atomic mass is 35.5. The topological polar surface area (TPSA) is 46.3 Å². The van der Waals surface area contributed by atoms with Gasteiger partial charge in [-0.05, 0) is 37.0 Å². The number of nitrogens with zero attached hydrogens (tertiary/aromatic N) is 1. The van der Waals surface area contributed by atoms with Crippen LogP contribution >= 0.6 is 11.6 Å². The third-order valence-electron chi connectivity index (χ3n) is 3.61. The van der Waals surface area contributed by atoms with Crippen LogP contribution < -0.4 is 5.73 Å². The Balaban J connectivity index is 2.13. The lowest BCUT2D eigenvalue weighted by molar-refractivity contribution is 0.0697. The second-order valence-electron chi connectivity index (χ2n) is 5.18. The van der Waals surface area contributed by atoms with Gasteiger partial charge in [0.15, 0.2) is 0 Å². The first kappa shape index (κ1) is 14.9. The molecule has 0 radical (unpaired) electrons. The number of carbonyl (C=O) groups excluding carboxylic acids is 1. The summed E-state index contributed by atoms with van der Waals surface area (Å²) in [6.07, 6.45) is 2.14. The molecule has 1 aliphatic rings. The Hall–Kier alpha value is -1.50. The third-order valence-corrected chi connectivity index (χ3v) is 3.92. The fourth-order valence-electron chi connectivity index (χ4n) is 2.29. The van der Waals surface area contributed by atoms with Gasteiger partial charge in [0.05, 0.1) is 11.6 Å². The van der Waals surface area contributed by atoms with Crippen LogP contribution in [0.15, 0.2) is 18.2 Å². The van der Waals surface area contributed by atoms with Crippen LogP contribution in [0.3, 0.4) is 0 Å². The molecule has 1 fully saturated rings. The van der Waals surface area contributed by atoms with Gasteiger partial charge in [-0.2, -0.15) is 0 Å². The molecular formula is C16H19ClN2O. The number of hydrogen-bond donors (Lipinski definition) is 1. The van der Waals surface area contributed by atoms with Gasteiger partial charge in [0, 0.05) is 24.2 Å². The molecule has 0 aromatic heterocycles. The molecule has 0 aliphatic carbocycles. The molecule has 1 aromatic carbocycles. The van der Waals surface area contributed by atoms with Crippen molar-refractivity contribution in [2.45, 2.75) is 19.8 Å². The van der Waals surface area contributed by atoms with Crippen molar-refractivity contribution in [3.63, 3.8) is 0 Å². The minimum Gasteiger partial charge on any atom is -0.339 e. The maximum Gasteiger partial charge on any atom is 0.253 e. The van der Waals surface area contributed by atoms with Gasteiger partial charge in [-0.25, -0.2) is 0 Å². The number of nitrogens with two attached hydrogens (primary N) is 1. The van der Waals surface area contributed by atoms with E-state index in [1.165, 1.54) is 0 Å². The van der Waals surface area contributed by atoms with Crippen LogP contribution in [0.4, 0.5) is 0 Å². The Morgan fingerprint density at radius 2 is 2.15 bits per heavy atom. The fraction of sp³-hybridized carbons (Fsp3) is 0.438. The van der Waals surface area contributed by atoms with Gasteiger partial charge >= 0.3 is 0 Å². The fourth-order valence-corrected chi connectivity index (χ4v) is 2.52. The number of likely N-dealkylation sites (tertiary alicyclic amines) is 1. The van der Waals surface area contributed by atoms with Crippen molar-refractivity contribution in [2.24, 2.45) is 11.7 Å². The molecule has 0 bridgehead atoms. The molecule has 1 aliphatic heterocycles. The summed E-state index contributed by atoms with van der Waals surface area (Å²) in [6, 6.07) is 5.26. The smallest absolute Gasteiger partial charge is 0.253 e. The van der Waals surface area contributed by atoms with Crippen LogP contribution in [0.2, 0.25) is 5.02 Å². The number of hydrogen-bond acceptors (Lipinski definition) is 2. The number of halogens is 1. The third kappa shape index (κ3) is 3.53. The van der Waals surface area contributed by atoms with Gasteiger partial charge < -0.3 is 10.6 Å². The molecular weight excluding hydrogens is 272 g/mol. The van der Waals surface area contributed by atoms with Crippen LogP contribution in [0, 0.1) is 17.8 Å². The van der Waals surface area contributed by atoms with Crippen LogP contribution in [-0.2, 0) is 0 Å². The molecule has 3 nitrogen and oxygen atoms in total. The predicted molar refractivity (Wildman–Crippen MR) is 81.7 cm³/mol. The quantitative estimate of drug-likeness (QED) is 0.808. The van der Waals surface area contributed by atoms with Crippen molar-refractivity contribution in [1.82, 2.24) is 4.90 Å². The van der Waals surface area contributed by atoms with E-state index in [2.05, 4.69) is 18.8 Å². The van der Waals surface area contributed by atoms with Gasteiger partial charge in [0.25, 0.3) is 5.91 Å². The molecule has 0 spiro atoms. The van der Waals surface area contributed by atoms with Crippen molar-refractivity contribution in [3.05, 3.63) is 34.3 Å². The zero-order valence-corrected chi connectivity index (χ0v) is 12.4. The van der Waals surface area contributed by atoms with Gasteiger partial charge in [-0.3, -0.25) is 4.79 Å². The molecule has 2 N–H and O–H groups in total. The molecule has 0 saturated carbocycles. The second kappa shape index (κ2) is 6.78. The Kier molecular flexibility index (Phi) is 5.05. The lowest BCUT2D eigenvalue weighted by Gasteiger charge is -2.30. The van der Waals surface area contributed by atoms with E-state index < -0.39 is 0 Å². The summed E-state index contributed by atoms with van der Waals surface area (Å²) < 4.78 is 0. The zero-order chi connectivity index (χ0) is 14.5. The average Bonchev–Trinajstić information content (AvgIpc) is 2.46. The number of carbonyl (C=O) groups is 1. The second-order valence-corrected chi connectivity index (χ2v) is 5.58. The molecule has 4 heteroatoms. The Labute approximate surface area is 125 Å². The molecule has 20 heavy (non-hydrogen) atoms. The minimum absolute atomic E-state index is 0.0529. The highest BCUT2D eigenvalue weighted by molar-refractivity contribution is 6.32. The maximum atomic E-state index is 12.4. The summed E-state index contributed by atoms with van der Waals surface area (Å²) in [6.45, 7) is 4.17. The lowest BCUT2D eigenvalue weighted by Crippen LogP contribution is -2.37. The van der Waals surface area contributed by atoms with Gasteiger partial charge in [-0.1, -0.05) is 30.4 Å². The van der Waals surface area contributed by atoms with E-state index in [1.54, 1.807) is 18.2 Å². The number of amides is 1. The number of rotatable bonds is 1. The normalized spacial score (nSPS) is 15.7. The van der Waals surface area contributed by atoms with Crippen molar-refractivity contribution in [2.75, 3.05) is 19.6 Å². The predicted octanol–water partition coefficient (Wildman–Crippen LogP) is 2.52. The summed E-state index contributed by atoms with van der Waals surface area (Å²) in [5, 5.41) is 0.502. The van der Waals surface area contributed by atoms with E-state index in [1.807, 2.05) is 4.90 Å². The first-order valence-electron chi connectivity index (χ1n) is 6.89. The maximum absolute atomic E-state index is 12.4. The van der Waals surface area contributed by atoms with Crippen LogP contribution in [0.5, 0.6) is 0 Å². The van der Waals surface area contributed by atoms with Crippen molar-refractivity contribution >= 4 is 17.5 Å². The molecule has 1 amide bonds. The SMILES string of the molecule is CC1CCN(C(=O)c2ccc(C#CCN)c(Cl)c2)CC1. The summed E-state index contributed by atoms with van der Waals surface area (Å²) >= 11 is 6.16. The number of benzene rings is 1. The Morgan fingerprint density at radius 1 is 1.45 bits per heavy atom. The molecule has 1 saturated heterocycles. The molecule has 1 aromatic rings. The summed E-state index contributed by atoms with van der Waals surface area (Å²) in [5.41, 5.74) is 6.67. The van der Waals surface area contributed by atoms with Crippen LogP contribution in [0.1, 0.15) is 35.7 Å². The van der Waals surface area contributed by atoms with Crippen LogP contribution in [0.25, 0.3) is 0 Å². The highest BCUT2D eigenvalue weighted by Gasteiger charge is 2.21. The average molecular weight is 291 g/mol. The van der Waals surface area contributed by atoms with E-state index in [0.29, 0.717) is 28.6 Å². The van der Waals surface area contributed by atoms with Gasteiger partial charge in [0.1, 0.15) is 0 Å². The molecule has 0 unspecified atom stereocenters. The van der Waals surface area contributed by atoms with Gasteiger partial charge in [-0.15, -0.1) is 0 Å². The summed E-state index contributed by atoms with van der Waals surface area (Å²) in [4.78, 5) is 14.3. The van der Waals surface area contributed by atoms with E-state index in [4.69, 9.17) is 17.3 Å². The van der Waals surface area contributed by atoms with Gasteiger partial charge in [0.2, 0.25) is 0 Å². The van der Waals surface area contributed by atoms with Crippen molar-refractivity contribution in [1.29, 1.82) is 0 Å². The largest absolute Gasteiger partial charge is 0.339 e. The monoisotopic (exact) mass is 290 g/mol. The molecule has 1 heterocycles. The van der Waals surface area contributed by atoms with E-state index in [0.717, 1.165) is 25.9 Å². The zero-order valence-electron chi connectivity index (χ0n) is 11.7. The van der Waals surface area contributed by atoms with E-state index >= 15 is 0 Å². The minimum atomic E-state index is 0.0529. The summed E-state index contributed by atoms with van der Waals surface area (Å²) in [5.74, 6) is 6.41. The Bertz CT molecular complexity index is 551. The highest BCUT2D eigenvalue weighted by Crippen LogP contribution is 2.21. The van der Waals surface area contributed by atoms with Crippen molar-refractivity contribution < 1.29 is 4.79 Å². The Morgan fingerprint density at radius 3 is 2.75 bits per heavy atom. The first-order chi connectivity index (χ1) is 9.61. The first-order valence-corrected chi connectivity index (χ1v) is 7.27. The van der Waals surface area contributed by atoms with Crippen LogP contribution in [-0.4, -0.2) is 30.4 Å². The number of piperidine rings is 1. The standard InChI is InChI=1S/C16H19ClN2O/c1-12-6-9-19(10-7-12)16(20)14-5-4-13(3-2-8-18)15(17)11-14/h4-5,11-12H,6-10,18H2,1H3. The lowest BCUT2D eigenvalue weighted by atomic mass is 9.98. The van der Waals surface area contributed by atoms with Crippen molar-refractivity contribution in [3.8, 4) is 11.8 Å². The van der Waals surface area contributed by atoms with E-state index in [-0.39, 0.29) is 5.91 Å². The molecule has 0 atom stereocenters. The summed E-state index contributed by atoms with van der Waals surface area (Å²) in [7, 11) is 0.